The van der Waals surface area contributed by atoms with Gasteiger partial charge in [-0.15, -0.1) is 0 Å². The number of aliphatic hydroxyl groups is 5. The van der Waals surface area contributed by atoms with Gasteiger partial charge >= 0.3 is 5.97 Å². The molecule has 1 rings (SSSR count). The van der Waals surface area contributed by atoms with Crippen LogP contribution in [-0.2, 0) is 19.0 Å². The smallest absolute Gasteiger partial charge is 0.320 e. The van der Waals surface area contributed by atoms with E-state index in [0.717, 1.165) is 0 Å². The molecular formula is C15H29NO10S. The van der Waals surface area contributed by atoms with Gasteiger partial charge in [-0.3, -0.25) is 4.79 Å². The normalized spacial score (nSPS) is 30.8. The fraction of sp³-hybridized carbons (Fsp3) is 0.933. The Bertz CT molecular complexity index is 431. The second kappa shape index (κ2) is 12.8. The zero-order valence-corrected chi connectivity index (χ0v) is 15.6. The maximum atomic E-state index is 10.5. The van der Waals surface area contributed by atoms with Gasteiger partial charge in [-0.1, -0.05) is 0 Å². The molecule has 0 aliphatic carbocycles. The molecule has 0 spiro atoms. The standard InChI is InChI=1S/C15H29NO10S/c16-9(14(21)22)1-4-27-7-8(17)5-24-2-3-25-6-10-11(18)12(19)13(20)15(23)26-10/h8-13,15,17-20,23H,1-7,16H2,(H,21,22)/t8?,9-,10+,11-,12-,13+,15?/m0/s1. The van der Waals surface area contributed by atoms with Crippen molar-refractivity contribution in [3.05, 3.63) is 0 Å². The first kappa shape index (κ1) is 24.5. The van der Waals surface area contributed by atoms with Gasteiger partial charge < -0.3 is 50.6 Å². The lowest BCUT2D eigenvalue weighted by molar-refractivity contribution is -0.288. The highest BCUT2D eigenvalue weighted by Crippen LogP contribution is 2.19. The number of carboxylic acids is 1. The third-order valence-electron chi connectivity index (χ3n) is 3.85. The first-order valence-electron chi connectivity index (χ1n) is 8.51. The van der Waals surface area contributed by atoms with Gasteiger partial charge in [0.2, 0.25) is 0 Å². The SMILES string of the molecule is N[C@@H](CCSCC(O)COCCOC[C@H]1OC(O)[C@H](O)[C@@H](O)[C@H]1O)C(=O)O. The van der Waals surface area contributed by atoms with Gasteiger partial charge in [-0.05, 0) is 12.2 Å². The summed E-state index contributed by atoms with van der Waals surface area (Å²) in [6.45, 7) is 0.262. The van der Waals surface area contributed by atoms with E-state index in [2.05, 4.69) is 0 Å². The Morgan fingerprint density at radius 3 is 2.44 bits per heavy atom. The monoisotopic (exact) mass is 415 g/mol. The number of aliphatic hydroxyl groups excluding tert-OH is 5. The van der Waals surface area contributed by atoms with Crippen LogP contribution in [0, 0.1) is 0 Å². The first-order chi connectivity index (χ1) is 12.7. The number of ether oxygens (including phenoxy) is 3. The third-order valence-corrected chi connectivity index (χ3v) is 5.00. The molecule has 7 atom stereocenters. The second-order valence-electron chi connectivity index (χ2n) is 6.15. The van der Waals surface area contributed by atoms with Gasteiger partial charge in [0.25, 0.3) is 0 Å². The lowest BCUT2D eigenvalue weighted by Gasteiger charge is -2.38. The van der Waals surface area contributed by atoms with Crippen molar-refractivity contribution in [1.29, 1.82) is 0 Å². The van der Waals surface area contributed by atoms with Crippen molar-refractivity contribution in [3.63, 3.8) is 0 Å². The van der Waals surface area contributed by atoms with E-state index in [0.29, 0.717) is 17.9 Å². The molecule has 1 aliphatic rings. The molecule has 1 fully saturated rings. The van der Waals surface area contributed by atoms with Crippen molar-refractivity contribution in [1.82, 2.24) is 0 Å². The number of hydrogen-bond acceptors (Lipinski definition) is 11. The highest BCUT2D eigenvalue weighted by atomic mass is 32.2. The molecule has 0 radical (unpaired) electrons. The quantitative estimate of drug-likeness (QED) is 0.149. The van der Waals surface area contributed by atoms with Crippen LogP contribution in [-0.4, -0.2) is 117 Å². The van der Waals surface area contributed by atoms with Crippen LogP contribution in [0.3, 0.4) is 0 Å². The average Bonchev–Trinajstić information content (AvgIpc) is 2.63. The number of thioether (sulfide) groups is 1. The molecule has 160 valence electrons. The Balaban J connectivity index is 2.03. The van der Waals surface area contributed by atoms with Crippen LogP contribution in [0.4, 0.5) is 0 Å². The Kier molecular flexibility index (Phi) is 11.6. The summed E-state index contributed by atoms with van der Waals surface area (Å²) >= 11 is 1.38. The highest BCUT2D eigenvalue weighted by molar-refractivity contribution is 7.99. The van der Waals surface area contributed by atoms with Crippen molar-refractivity contribution in [3.8, 4) is 0 Å². The molecule has 0 saturated carbocycles. The topological polar surface area (TPSA) is 192 Å². The lowest BCUT2D eigenvalue weighted by Crippen LogP contribution is -2.58. The van der Waals surface area contributed by atoms with E-state index in [1.54, 1.807) is 0 Å². The third kappa shape index (κ3) is 9.00. The lowest BCUT2D eigenvalue weighted by atomic mass is 9.99. The largest absolute Gasteiger partial charge is 0.480 e. The molecule has 1 aliphatic heterocycles. The first-order valence-corrected chi connectivity index (χ1v) is 9.67. The van der Waals surface area contributed by atoms with Crippen molar-refractivity contribution in [2.45, 2.75) is 49.3 Å². The molecule has 11 nitrogen and oxygen atoms in total. The highest BCUT2D eigenvalue weighted by Gasteiger charge is 2.42. The summed E-state index contributed by atoms with van der Waals surface area (Å²) < 4.78 is 15.4. The van der Waals surface area contributed by atoms with Crippen LogP contribution in [0.25, 0.3) is 0 Å². The average molecular weight is 415 g/mol. The maximum Gasteiger partial charge on any atom is 0.320 e. The van der Waals surface area contributed by atoms with E-state index in [4.69, 9.17) is 25.1 Å². The molecular weight excluding hydrogens is 386 g/mol. The molecule has 0 aromatic carbocycles. The van der Waals surface area contributed by atoms with E-state index >= 15 is 0 Å². The van der Waals surface area contributed by atoms with E-state index in [9.17, 15) is 30.3 Å². The maximum absolute atomic E-state index is 10.5. The van der Waals surface area contributed by atoms with Gasteiger partial charge in [-0.25, -0.2) is 0 Å². The number of nitrogens with two attached hydrogens (primary N) is 1. The number of hydrogen-bond donors (Lipinski definition) is 7. The van der Waals surface area contributed by atoms with E-state index in [1.807, 2.05) is 0 Å². The number of rotatable bonds is 13. The van der Waals surface area contributed by atoms with E-state index < -0.39 is 48.8 Å². The molecule has 12 heteroatoms. The van der Waals surface area contributed by atoms with Gasteiger partial charge in [0.05, 0.1) is 32.5 Å². The van der Waals surface area contributed by atoms with Gasteiger partial charge in [0, 0.05) is 5.75 Å². The Hall–Kier alpha value is -0.540. The molecule has 1 heterocycles. The summed E-state index contributed by atoms with van der Waals surface area (Å²) in [6, 6.07) is -0.903. The molecule has 8 N–H and O–H groups in total. The van der Waals surface area contributed by atoms with Crippen molar-refractivity contribution >= 4 is 17.7 Å². The van der Waals surface area contributed by atoms with E-state index in [1.165, 1.54) is 11.8 Å². The molecule has 0 aromatic heterocycles. The van der Waals surface area contributed by atoms with Crippen molar-refractivity contribution in [2.75, 3.05) is 37.9 Å². The Morgan fingerprint density at radius 2 is 1.78 bits per heavy atom. The predicted molar refractivity (Wildman–Crippen MR) is 94.1 cm³/mol. The Morgan fingerprint density at radius 1 is 1.11 bits per heavy atom. The van der Waals surface area contributed by atoms with Crippen LogP contribution < -0.4 is 5.73 Å². The Labute approximate surface area is 161 Å². The molecule has 2 unspecified atom stereocenters. The molecule has 0 aromatic rings. The number of aliphatic carboxylic acids is 1. The summed E-state index contributed by atoms with van der Waals surface area (Å²) in [5.74, 6) is -0.150. The summed E-state index contributed by atoms with van der Waals surface area (Å²) in [4.78, 5) is 10.5. The van der Waals surface area contributed by atoms with Crippen LogP contribution in [0.15, 0.2) is 0 Å². The van der Waals surface area contributed by atoms with E-state index in [-0.39, 0.29) is 26.4 Å². The summed E-state index contributed by atoms with van der Waals surface area (Å²) in [7, 11) is 0. The van der Waals surface area contributed by atoms with Crippen LogP contribution in [0.1, 0.15) is 6.42 Å². The zero-order valence-electron chi connectivity index (χ0n) is 14.8. The minimum atomic E-state index is -1.61. The van der Waals surface area contributed by atoms with Crippen LogP contribution in [0.5, 0.6) is 0 Å². The molecule has 27 heavy (non-hydrogen) atoms. The minimum Gasteiger partial charge on any atom is -0.480 e. The van der Waals surface area contributed by atoms with Crippen molar-refractivity contribution < 1.29 is 49.6 Å². The molecule has 0 amide bonds. The molecule has 1 saturated heterocycles. The van der Waals surface area contributed by atoms with Crippen LogP contribution in [0.2, 0.25) is 0 Å². The number of carboxylic acid groups (broad SMARTS) is 1. The summed E-state index contributed by atoms with van der Waals surface area (Å²) in [5.41, 5.74) is 5.37. The minimum absolute atomic E-state index is 0.0769. The van der Waals surface area contributed by atoms with Gasteiger partial charge in [0.1, 0.15) is 30.5 Å². The second-order valence-corrected chi connectivity index (χ2v) is 7.30. The zero-order chi connectivity index (χ0) is 20.4. The van der Waals surface area contributed by atoms with Gasteiger partial charge in [-0.2, -0.15) is 11.8 Å². The van der Waals surface area contributed by atoms with Gasteiger partial charge in [0.15, 0.2) is 6.29 Å². The molecule has 0 bridgehead atoms. The fourth-order valence-electron chi connectivity index (χ4n) is 2.21. The van der Waals surface area contributed by atoms with Crippen molar-refractivity contribution in [2.24, 2.45) is 5.73 Å². The summed E-state index contributed by atoms with van der Waals surface area (Å²) in [6.07, 6.45) is -7.50. The van der Waals surface area contributed by atoms with Crippen LogP contribution >= 0.6 is 11.8 Å². The number of carbonyl (C=O) groups is 1. The predicted octanol–water partition coefficient (Wildman–Crippen LogP) is -3.28. The summed E-state index contributed by atoms with van der Waals surface area (Å²) in [5, 5.41) is 56.4. The fourth-order valence-corrected chi connectivity index (χ4v) is 3.16.